The molecular weight excluding hydrogens is 302 g/mol. The van der Waals surface area contributed by atoms with Gasteiger partial charge in [0.2, 0.25) is 5.88 Å². The van der Waals surface area contributed by atoms with Gasteiger partial charge in [-0.3, -0.25) is 4.79 Å². The lowest BCUT2D eigenvalue weighted by atomic mass is 9.99. The van der Waals surface area contributed by atoms with Crippen LogP contribution in [0.25, 0.3) is 0 Å². The van der Waals surface area contributed by atoms with Crippen molar-refractivity contribution in [3.8, 4) is 11.6 Å². The van der Waals surface area contributed by atoms with Gasteiger partial charge in [0.15, 0.2) is 0 Å². The lowest BCUT2D eigenvalue weighted by Crippen LogP contribution is -2.43. The second kappa shape index (κ2) is 7.43. The van der Waals surface area contributed by atoms with Crippen LogP contribution in [0.5, 0.6) is 11.6 Å². The summed E-state index contributed by atoms with van der Waals surface area (Å²) in [4.78, 5) is 14.8. The van der Waals surface area contributed by atoms with Crippen molar-refractivity contribution in [2.24, 2.45) is 0 Å². The van der Waals surface area contributed by atoms with Crippen LogP contribution in [0.4, 0.5) is 0 Å². The van der Waals surface area contributed by atoms with Crippen molar-refractivity contribution in [1.29, 1.82) is 0 Å². The number of carbonyl (C=O) groups excluding carboxylic acids is 1. The topological polar surface area (TPSA) is 55.3 Å². The van der Waals surface area contributed by atoms with Crippen LogP contribution in [-0.2, 0) is 0 Å². The molecule has 1 aliphatic heterocycles. The predicted molar refractivity (Wildman–Crippen MR) is 92.3 cm³/mol. The Bertz CT molecular complexity index is 683. The van der Waals surface area contributed by atoms with E-state index in [2.05, 4.69) is 17.1 Å². The molecule has 0 saturated carbocycles. The molecule has 2 heterocycles. The minimum Gasteiger partial charge on any atom is -0.438 e. The highest BCUT2D eigenvalue weighted by molar-refractivity contribution is 5.94. The third-order valence-corrected chi connectivity index (χ3v) is 4.46. The van der Waals surface area contributed by atoms with Gasteiger partial charge in [-0.05, 0) is 62.9 Å². The maximum atomic E-state index is 12.7. The lowest BCUT2D eigenvalue weighted by Gasteiger charge is -2.35. The second-order valence-corrected chi connectivity index (χ2v) is 6.20. The van der Waals surface area contributed by atoms with E-state index in [4.69, 9.17) is 4.74 Å². The fraction of sp³-hybridized carbons (Fsp3) is 0.421. The van der Waals surface area contributed by atoms with Crippen molar-refractivity contribution in [3.63, 3.8) is 0 Å². The molecule has 1 fully saturated rings. The number of benzene rings is 1. The number of aromatic nitrogens is 2. The molecule has 1 saturated heterocycles. The molecule has 1 aliphatic rings. The van der Waals surface area contributed by atoms with Gasteiger partial charge in [-0.2, -0.15) is 5.10 Å². The maximum Gasteiger partial charge on any atom is 0.254 e. The fourth-order valence-electron chi connectivity index (χ4n) is 3.09. The van der Waals surface area contributed by atoms with Crippen LogP contribution < -0.4 is 4.74 Å². The number of rotatable bonds is 4. The van der Waals surface area contributed by atoms with E-state index in [0.29, 0.717) is 23.2 Å². The largest absolute Gasteiger partial charge is 0.438 e. The molecule has 0 N–H and O–H groups in total. The Labute approximate surface area is 142 Å². The van der Waals surface area contributed by atoms with Gasteiger partial charge in [-0.15, -0.1) is 5.10 Å². The Morgan fingerprint density at radius 2 is 1.96 bits per heavy atom. The summed E-state index contributed by atoms with van der Waals surface area (Å²) >= 11 is 0. The quantitative estimate of drug-likeness (QED) is 0.853. The Morgan fingerprint density at radius 1 is 1.17 bits per heavy atom. The molecule has 0 aliphatic carbocycles. The second-order valence-electron chi connectivity index (χ2n) is 6.20. The third kappa shape index (κ3) is 3.72. The van der Waals surface area contributed by atoms with E-state index in [-0.39, 0.29) is 5.91 Å². The van der Waals surface area contributed by atoms with E-state index in [9.17, 15) is 4.79 Å². The zero-order chi connectivity index (χ0) is 16.9. The molecule has 1 atom stereocenters. The summed E-state index contributed by atoms with van der Waals surface area (Å²) in [5, 5.41) is 7.94. The van der Waals surface area contributed by atoms with Gasteiger partial charge in [0.1, 0.15) is 5.75 Å². The predicted octanol–water partition coefficient (Wildman–Crippen LogP) is 3.98. The van der Waals surface area contributed by atoms with Gasteiger partial charge in [0.05, 0.1) is 5.69 Å². The molecule has 1 aromatic carbocycles. The van der Waals surface area contributed by atoms with Crippen LogP contribution >= 0.6 is 0 Å². The average molecular weight is 325 g/mol. The number of carbonyl (C=O) groups is 1. The van der Waals surface area contributed by atoms with Gasteiger partial charge in [0.25, 0.3) is 5.91 Å². The number of likely N-dealkylation sites (tertiary alicyclic amines) is 1. The third-order valence-electron chi connectivity index (χ3n) is 4.46. The van der Waals surface area contributed by atoms with E-state index in [0.717, 1.165) is 31.5 Å². The Kier molecular flexibility index (Phi) is 5.08. The van der Waals surface area contributed by atoms with Crippen LogP contribution in [0.15, 0.2) is 36.4 Å². The highest BCUT2D eigenvalue weighted by Crippen LogP contribution is 2.24. The summed E-state index contributed by atoms with van der Waals surface area (Å²) < 4.78 is 5.66. The van der Waals surface area contributed by atoms with Crippen LogP contribution in [-0.4, -0.2) is 33.6 Å². The fourth-order valence-corrected chi connectivity index (χ4v) is 3.09. The zero-order valence-electron chi connectivity index (χ0n) is 14.2. The minimum atomic E-state index is 0.114. The molecule has 1 amide bonds. The first-order valence-corrected chi connectivity index (χ1v) is 8.56. The van der Waals surface area contributed by atoms with Crippen molar-refractivity contribution in [2.75, 3.05) is 6.54 Å². The lowest BCUT2D eigenvalue weighted by molar-refractivity contribution is 0.0608. The monoisotopic (exact) mass is 325 g/mol. The molecular formula is C19H23N3O2. The summed E-state index contributed by atoms with van der Waals surface area (Å²) in [5.41, 5.74) is 1.55. The number of ether oxygens (including phenoxy) is 1. The van der Waals surface area contributed by atoms with E-state index in [1.54, 1.807) is 18.2 Å². The van der Waals surface area contributed by atoms with E-state index in [1.165, 1.54) is 6.42 Å². The highest BCUT2D eigenvalue weighted by Gasteiger charge is 2.26. The molecule has 5 nitrogen and oxygen atoms in total. The molecule has 0 bridgehead atoms. The van der Waals surface area contributed by atoms with E-state index >= 15 is 0 Å². The standard InChI is InChI=1S/C19H23N3O2/c1-3-16-6-4-5-13-22(16)19(23)15-8-10-17(11-9-15)24-18-12-7-14(2)20-21-18/h7-12,16H,3-6,13H2,1-2H3/t16-/m1/s1. The van der Waals surface area contributed by atoms with Crippen LogP contribution in [0.1, 0.15) is 48.7 Å². The molecule has 2 aromatic rings. The summed E-state index contributed by atoms with van der Waals surface area (Å²) in [7, 11) is 0. The van der Waals surface area contributed by atoms with Crippen LogP contribution in [0.3, 0.4) is 0 Å². The van der Waals surface area contributed by atoms with Gasteiger partial charge in [0, 0.05) is 24.2 Å². The van der Waals surface area contributed by atoms with Crippen molar-refractivity contribution in [2.45, 2.75) is 45.6 Å². The summed E-state index contributed by atoms with van der Waals surface area (Å²) in [5.74, 6) is 1.21. The van der Waals surface area contributed by atoms with Crippen molar-refractivity contribution in [3.05, 3.63) is 47.7 Å². The summed E-state index contributed by atoms with van der Waals surface area (Å²) in [6.45, 7) is 4.88. The summed E-state index contributed by atoms with van der Waals surface area (Å²) in [6.07, 6.45) is 4.43. The van der Waals surface area contributed by atoms with Crippen LogP contribution in [0, 0.1) is 6.92 Å². The normalized spacial score (nSPS) is 17.6. The van der Waals surface area contributed by atoms with Gasteiger partial charge < -0.3 is 9.64 Å². The number of hydrogen-bond donors (Lipinski definition) is 0. The minimum absolute atomic E-state index is 0.114. The Hall–Kier alpha value is -2.43. The molecule has 126 valence electrons. The molecule has 0 unspecified atom stereocenters. The molecule has 0 radical (unpaired) electrons. The number of amides is 1. The van der Waals surface area contributed by atoms with E-state index < -0.39 is 0 Å². The smallest absolute Gasteiger partial charge is 0.254 e. The number of aryl methyl sites for hydroxylation is 1. The number of hydrogen-bond acceptors (Lipinski definition) is 4. The first kappa shape index (κ1) is 16.4. The SMILES string of the molecule is CC[C@@H]1CCCCN1C(=O)c1ccc(Oc2ccc(C)nn2)cc1. The van der Waals surface area contributed by atoms with Crippen molar-refractivity contribution >= 4 is 5.91 Å². The van der Waals surface area contributed by atoms with Gasteiger partial charge in [-0.1, -0.05) is 6.92 Å². The van der Waals surface area contributed by atoms with Crippen LogP contribution in [0.2, 0.25) is 0 Å². The van der Waals surface area contributed by atoms with E-state index in [1.807, 2.05) is 30.0 Å². The average Bonchev–Trinajstić information content (AvgIpc) is 2.63. The first-order valence-electron chi connectivity index (χ1n) is 8.56. The Balaban J connectivity index is 1.69. The highest BCUT2D eigenvalue weighted by atomic mass is 16.5. The zero-order valence-corrected chi connectivity index (χ0v) is 14.2. The molecule has 24 heavy (non-hydrogen) atoms. The molecule has 0 spiro atoms. The van der Waals surface area contributed by atoms with Crippen molar-refractivity contribution < 1.29 is 9.53 Å². The number of piperidine rings is 1. The molecule has 3 rings (SSSR count). The molecule has 5 heteroatoms. The Morgan fingerprint density at radius 3 is 2.62 bits per heavy atom. The first-order chi connectivity index (χ1) is 11.7. The van der Waals surface area contributed by atoms with Gasteiger partial charge in [-0.25, -0.2) is 0 Å². The van der Waals surface area contributed by atoms with Crippen molar-refractivity contribution in [1.82, 2.24) is 15.1 Å². The maximum absolute atomic E-state index is 12.7. The molecule has 1 aromatic heterocycles. The summed E-state index contributed by atoms with van der Waals surface area (Å²) in [6, 6.07) is 11.2. The van der Waals surface area contributed by atoms with Gasteiger partial charge >= 0.3 is 0 Å². The number of nitrogens with zero attached hydrogens (tertiary/aromatic N) is 3.